The molecule has 7 heteroatoms. The predicted molar refractivity (Wildman–Crippen MR) is 76.1 cm³/mol. The van der Waals surface area contributed by atoms with E-state index in [1.165, 1.54) is 0 Å². The first kappa shape index (κ1) is 20.9. The first-order valence-electron chi connectivity index (χ1n) is 7.07. The summed E-state index contributed by atoms with van der Waals surface area (Å²) in [7, 11) is 0. The molecule has 0 bridgehead atoms. The zero-order chi connectivity index (χ0) is 15.9. The van der Waals surface area contributed by atoms with Crippen LogP contribution in [0, 0.1) is 11.3 Å². The van der Waals surface area contributed by atoms with Crippen molar-refractivity contribution in [2.24, 2.45) is 16.3 Å². The second kappa shape index (κ2) is 9.82. The van der Waals surface area contributed by atoms with Crippen molar-refractivity contribution in [2.75, 3.05) is 0 Å². The zero-order valence-electron chi connectivity index (χ0n) is 13.6. The van der Waals surface area contributed by atoms with Gasteiger partial charge in [0.15, 0.2) is 0 Å². The molecule has 1 aromatic heterocycles. The van der Waals surface area contributed by atoms with Gasteiger partial charge in [-0.25, -0.2) is 4.99 Å². The summed E-state index contributed by atoms with van der Waals surface area (Å²) in [5.74, 6) is -1.20. The van der Waals surface area contributed by atoms with Gasteiger partial charge in [-0.15, -0.1) is 0 Å². The number of hydrogen-bond donors (Lipinski definition) is 1. The fourth-order valence-electron chi connectivity index (χ4n) is 2.53. The molecule has 2 atom stereocenters. The van der Waals surface area contributed by atoms with Gasteiger partial charge in [0, 0.05) is 0 Å². The predicted octanol–water partition coefficient (Wildman–Crippen LogP) is -1.52. The van der Waals surface area contributed by atoms with E-state index >= 15 is 0 Å². The van der Waals surface area contributed by atoms with Gasteiger partial charge in [-0.3, -0.25) is 9.59 Å². The van der Waals surface area contributed by atoms with Crippen LogP contribution < -0.4 is 40.0 Å². The molecule has 1 N–H and O–H groups in total. The Labute approximate surface area is 152 Å². The monoisotopic (exact) mass is 316 g/mol. The normalized spacial score (nSPS) is 21.7. The summed E-state index contributed by atoms with van der Waals surface area (Å²) in [6, 6.07) is 2.82. The maximum atomic E-state index is 11.9. The fourth-order valence-corrected chi connectivity index (χ4v) is 2.53. The van der Waals surface area contributed by atoms with Crippen LogP contribution in [-0.4, -0.2) is 17.8 Å². The fraction of sp³-hybridized carbons (Fsp3) is 0.533. The minimum Gasteiger partial charge on any atom is -0.846 e. The molecule has 0 aromatic carbocycles. The zero-order valence-corrected chi connectivity index (χ0v) is 15.6. The first-order chi connectivity index (χ1) is 9.98. The maximum absolute atomic E-state index is 11.9. The Morgan fingerprint density at radius 3 is 2.27 bits per heavy atom. The standard InChI is InChI=1S/C11H18N2O3.C4H4O.Na/c1-4-6-7(3)11(5-2)8(14)12-10(16)13-9(11)15;1-2-4-5-3-1;/h7H,4-6H2,1-3H3,(H2,12,13,14,15,16);1-4H;/q;;+1/p-1. The number of furan rings is 1. The summed E-state index contributed by atoms with van der Waals surface area (Å²) < 4.78 is 4.58. The maximum Gasteiger partial charge on any atom is 1.00 e. The van der Waals surface area contributed by atoms with Crippen LogP contribution in [0.25, 0.3) is 0 Å². The summed E-state index contributed by atoms with van der Waals surface area (Å²) in [5, 5.41) is 13.1. The van der Waals surface area contributed by atoms with E-state index < -0.39 is 23.3 Å². The van der Waals surface area contributed by atoms with E-state index in [-0.39, 0.29) is 35.5 Å². The van der Waals surface area contributed by atoms with Crippen LogP contribution in [-0.2, 0) is 9.59 Å². The quantitative estimate of drug-likeness (QED) is 0.539. The number of nitrogens with zero attached hydrogens (tertiary/aromatic N) is 1. The molecule has 2 rings (SSSR count). The molecule has 0 fully saturated rings. The van der Waals surface area contributed by atoms with Crippen molar-refractivity contribution < 1.29 is 48.7 Å². The second-order valence-electron chi connectivity index (χ2n) is 4.98. The number of hydrogen-bond acceptors (Lipinski definition) is 4. The van der Waals surface area contributed by atoms with Crippen LogP contribution in [0.1, 0.15) is 40.0 Å². The summed E-state index contributed by atoms with van der Waals surface area (Å²) in [6.45, 7) is 5.62. The summed E-state index contributed by atoms with van der Waals surface area (Å²) >= 11 is 0. The van der Waals surface area contributed by atoms with Crippen LogP contribution in [0.5, 0.6) is 0 Å². The Balaban J connectivity index is 0.000000622. The molecule has 2 amide bonds. The van der Waals surface area contributed by atoms with Crippen molar-refractivity contribution >= 4 is 17.8 Å². The van der Waals surface area contributed by atoms with E-state index in [1.54, 1.807) is 19.5 Å². The van der Waals surface area contributed by atoms with Crippen molar-refractivity contribution in [3.63, 3.8) is 0 Å². The Morgan fingerprint density at radius 1 is 1.32 bits per heavy atom. The Kier molecular flexibility index (Phi) is 9.32. The summed E-state index contributed by atoms with van der Waals surface area (Å²) in [6.07, 6.45) is 5.27. The van der Waals surface area contributed by atoms with Gasteiger partial charge in [-0.05, 0) is 30.9 Å². The molecular weight excluding hydrogens is 295 g/mol. The Bertz CT molecular complexity index is 484. The SMILES string of the molecule is CCCC(C)C1(CC)C(=O)N=C([O-])NC1=O.[Na+].c1ccoc1. The van der Waals surface area contributed by atoms with Crippen molar-refractivity contribution in [3.05, 3.63) is 24.7 Å². The molecule has 22 heavy (non-hydrogen) atoms. The molecule has 0 aliphatic carbocycles. The number of amidine groups is 1. The molecule has 1 aliphatic heterocycles. The van der Waals surface area contributed by atoms with Gasteiger partial charge >= 0.3 is 29.6 Å². The topological polar surface area (TPSA) is 94.7 Å². The van der Waals surface area contributed by atoms with Gasteiger partial charge < -0.3 is 14.8 Å². The Morgan fingerprint density at radius 2 is 1.91 bits per heavy atom. The smallest absolute Gasteiger partial charge is 0.846 e. The Hall–Kier alpha value is -1.11. The molecule has 2 heterocycles. The van der Waals surface area contributed by atoms with Gasteiger partial charge in [0.05, 0.1) is 18.5 Å². The molecule has 116 valence electrons. The second-order valence-corrected chi connectivity index (χ2v) is 4.98. The number of nitrogens with one attached hydrogen (secondary N) is 1. The number of carbonyl (C=O) groups is 2. The molecule has 0 spiro atoms. The summed E-state index contributed by atoms with van der Waals surface area (Å²) in [5.41, 5.74) is -1.15. The number of aliphatic imine (C=N–C) groups is 1. The van der Waals surface area contributed by atoms with E-state index in [9.17, 15) is 14.7 Å². The van der Waals surface area contributed by atoms with Crippen molar-refractivity contribution in [1.29, 1.82) is 0 Å². The van der Waals surface area contributed by atoms with Crippen molar-refractivity contribution in [1.82, 2.24) is 5.32 Å². The molecule has 1 aromatic rings. The molecule has 2 unspecified atom stereocenters. The van der Waals surface area contributed by atoms with Crippen LogP contribution in [0.15, 0.2) is 34.1 Å². The van der Waals surface area contributed by atoms with E-state index in [2.05, 4.69) is 14.7 Å². The molecule has 0 radical (unpaired) electrons. The molecule has 0 saturated carbocycles. The molecule has 6 nitrogen and oxygen atoms in total. The van der Waals surface area contributed by atoms with Gasteiger partial charge in [-0.2, -0.15) is 0 Å². The van der Waals surface area contributed by atoms with Crippen molar-refractivity contribution in [2.45, 2.75) is 40.0 Å². The average Bonchev–Trinajstić information content (AvgIpc) is 2.98. The minimum atomic E-state index is -1.15. The van der Waals surface area contributed by atoms with Gasteiger partial charge in [0.2, 0.25) is 5.91 Å². The van der Waals surface area contributed by atoms with Crippen molar-refractivity contribution in [3.8, 4) is 0 Å². The van der Waals surface area contributed by atoms with Crippen LogP contribution >= 0.6 is 0 Å². The number of amides is 2. The molecule has 1 aliphatic rings. The third-order valence-corrected chi connectivity index (χ3v) is 3.76. The third kappa shape index (κ3) is 4.69. The van der Waals surface area contributed by atoms with Gasteiger partial charge in [0.1, 0.15) is 5.41 Å². The van der Waals surface area contributed by atoms with E-state index in [0.717, 1.165) is 12.8 Å². The van der Waals surface area contributed by atoms with Crippen LogP contribution in [0.3, 0.4) is 0 Å². The minimum absolute atomic E-state index is 0. The van der Waals surface area contributed by atoms with E-state index in [1.807, 2.05) is 26.0 Å². The van der Waals surface area contributed by atoms with Crippen LogP contribution in [0.2, 0.25) is 0 Å². The average molecular weight is 316 g/mol. The van der Waals surface area contributed by atoms with E-state index in [0.29, 0.717) is 6.42 Å². The number of carbonyl (C=O) groups excluding carboxylic acids is 2. The largest absolute Gasteiger partial charge is 1.00 e. The van der Waals surface area contributed by atoms with Crippen LogP contribution in [0.4, 0.5) is 0 Å². The molecule has 0 saturated heterocycles. The number of rotatable bonds is 4. The summed E-state index contributed by atoms with van der Waals surface area (Å²) in [4.78, 5) is 27.1. The van der Waals surface area contributed by atoms with Gasteiger partial charge in [-0.1, -0.05) is 27.2 Å². The first-order valence-corrected chi connectivity index (χ1v) is 7.07. The molecular formula is C15H21N2NaO4. The van der Waals surface area contributed by atoms with Gasteiger partial charge in [0.25, 0.3) is 5.91 Å². The van der Waals surface area contributed by atoms with E-state index in [4.69, 9.17) is 0 Å². The third-order valence-electron chi connectivity index (χ3n) is 3.76.